The van der Waals surface area contributed by atoms with Gasteiger partial charge in [-0.05, 0) is 12.1 Å². The summed E-state index contributed by atoms with van der Waals surface area (Å²) in [5, 5.41) is 0. The molecule has 1 saturated heterocycles. The Morgan fingerprint density at radius 2 is 2.18 bits per heavy atom. The van der Waals surface area contributed by atoms with Crippen LogP contribution in [0.2, 0.25) is 0 Å². The molecule has 22 heavy (non-hydrogen) atoms. The second kappa shape index (κ2) is 6.18. The van der Waals surface area contributed by atoms with E-state index in [1.54, 1.807) is 6.26 Å². The normalized spacial score (nSPS) is 20.2. The van der Waals surface area contributed by atoms with Crippen LogP contribution in [-0.4, -0.2) is 34.6 Å². The van der Waals surface area contributed by atoms with Gasteiger partial charge < -0.3 is 9.15 Å². The lowest BCUT2D eigenvalue weighted by molar-refractivity contribution is -0.0228. The Kier molecular flexibility index (Phi) is 4.27. The minimum Gasteiger partial charge on any atom is -0.447 e. The van der Waals surface area contributed by atoms with E-state index in [1.807, 2.05) is 24.4 Å². The second-order valence-electron chi connectivity index (χ2n) is 6.70. The van der Waals surface area contributed by atoms with Crippen LogP contribution in [0.15, 0.2) is 35.1 Å². The molecule has 0 bridgehead atoms. The third-order valence-electron chi connectivity index (χ3n) is 3.91. The number of hydrogen-bond acceptors (Lipinski definition) is 5. The van der Waals surface area contributed by atoms with E-state index >= 15 is 0 Å². The van der Waals surface area contributed by atoms with Crippen LogP contribution in [0.4, 0.5) is 0 Å². The molecule has 0 saturated carbocycles. The van der Waals surface area contributed by atoms with Crippen LogP contribution >= 0.6 is 0 Å². The second-order valence-corrected chi connectivity index (χ2v) is 6.70. The molecule has 5 nitrogen and oxygen atoms in total. The summed E-state index contributed by atoms with van der Waals surface area (Å²) in [7, 11) is 0. The quantitative estimate of drug-likeness (QED) is 0.872. The number of morpholine rings is 1. The minimum atomic E-state index is -0.0108. The number of ether oxygens (including phenoxy) is 1. The van der Waals surface area contributed by atoms with Gasteiger partial charge in [0.15, 0.2) is 0 Å². The highest BCUT2D eigenvalue weighted by molar-refractivity contribution is 5.11. The molecule has 0 aliphatic carbocycles. The highest BCUT2D eigenvalue weighted by Gasteiger charge is 2.30. The predicted octanol–water partition coefficient (Wildman–Crippen LogP) is 2.94. The van der Waals surface area contributed by atoms with Crippen molar-refractivity contribution in [2.75, 3.05) is 19.8 Å². The number of pyridine rings is 1. The van der Waals surface area contributed by atoms with Crippen molar-refractivity contribution in [2.45, 2.75) is 38.8 Å². The molecule has 2 aromatic rings. The first-order valence-corrected chi connectivity index (χ1v) is 7.71. The molecule has 0 aromatic carbocycles. The van der Waals surface area contributed by atoms with Crippen molar-refractivity contribution in [2.24, 2.45) is 0 Å². The van der Waals surface area contributed by atoms with Gasteiger partial charge in [0, 0.05) is 24.7 Å². The summed E-state index contributed by atoms with van der Waals surface area (Å²) in [4.78, 5) is 11.4. The molecule has 1 unspecified atom stereocenters. The molecule has 5 heteroatoms. The van der Waals surface area contributed by atoms with Gasteiger partial charge in [-0.1, -0.05) is 26.8 Å². The molecule has 2 aromatic heterocycles. The first-order valence-electron chi connectivity index (χ1n) is 7.71. The fourth-order valence-corrected chi connectivity index (χ4v) is 2.54. The number of oxazole rings is 1. The third kappa shape index (κ3) is 3.36. The van der Waals surface area contributed by atoms with Gasteiger partial charge in [-0.2, -0.15) is 0 Å². The zero-order chi connectivity index (χ0) is 15.6. The highest BCUT2D eigenvalue weighted by atomic mass is 16.5. The number of aromatic nitrogens is 2. The van der Waals surface area contributed by atoms with E-state index in [0.717, 1.165) is 37.0 Å². The van der Waals surface area contributed by atoms with Crippen molar-refractivity contribution in [3.63, 3.8) is 0 Å². The van der Waals surface area contributed by atoms with E-state index < -0.39 is 0 Å². The van der Waals surface area contributed by atoms with Crippen molar-refractivity contribution in [3.8, 4) is 0 Å². The Labute approximate surface area is 131 Å². The van der Waals surface area contributed by atoms with Gasteiger partial charge >= 0.3 is 0 Å². The van der Waals surface area contributed by atoms with Gasteiger partial charge in [-0.25, -0.2) is 4.98 Å². The van der Waals surface area contributed by atoms with Gasteiger partial charge in [0.1, 0.15) is 12.3 Å². The van der Waals surface area contributed by atoms with Crippen molar-refractivity contribution in [1.29, 1.82) is 0 Å². The largest absolute Gasteiger partial charge is 0.447 e. The number of nitrogens with zero attached hydrogens (tertiary/aromatic N) is 3. The maximum absolute atomic E-state index is 5.75. The lowest BCUT2D eigenvalue weighted by Gasteiger charge is -2.33. The standard InChI is InChI=1S/C17H23N3O2/c1-17(2,3)15-12-22-16(19-15)14-11-21-9-8-20(14)10-13-6-4-5-7-18-13/h4-7,12,14H,8-11H2,1-3H3. The lowest BCUT2D eigenvalue weighted by atomic mass is 9.93. The Balaban J connectivity index is 1.79. The van der Waals surface area contributed by atoms with Gasteiger partial charge in [-0.3, -0.25) is 9.88 Å². The smallest absolute Gasteiger partial charge is 0.214 e. The summed E-state index contributed by atoms with van der Waals surface area (Å²) in [6.45, 7) is 9.39. The fourth-order valence-electron chi connectivity index (χ4n) is 2.54. The fraction of sp³-hybridized carbons (Fsp3) is 0.529. The Hall–Kier alpha value is -1.72. The molecule has 3 heterocycles. The van der Waals surface area contributed by atoms with Crippen LogP contribution in [0, 0.1) is 0 Å². The van der Waals surface area contributed by atoms with E-state index in [9.17, 15) is 0 Å². The average Bonchev–Trinajstić information content (AvgIpc) is 2.99. The first kappa shape index (κ1) is 15.2. The molecule has 1 fully saturated rings. The molecule has 0 amide bonds. The van der Waals surface area contributed by atoms with Crippen LogP contribution in [-0.2, 0) is 16.7 Å². The summed E-state index contributed by atoms with van der Waals surface area (Å²) in [6, 6.07) is 6.04. The van der Waals surface area contributed by atoms with Crippen molar-refractivity contribution < 1.29 is 9.15 Å². The molecule has 1 atom stereocenters. The Bertz CT molecular complexity index is 604. The number of rotatable bonds is 3. The number of hydrogen-bond donors (Lipinski definition) is 0. The Morgan fingerprint density at radius 1 is 1.32 bits per heavy atom. The first-order chi connectivity index (χ1) is 10.5. The SMILES string of the molecule is CC(C)(C)c1coc(C2COCCN2Cc2ccccn2)n1. The van der Waals surface area contributed by atoms with Crippen molar-refractivity contribution in [1.82, 2.24) is 14.9 Å². The van der Waals surface area contributed by atoms with E-state index in [4.69, 9.17) is 9.15 Å². The van der Waals surface area contributed by atoms with Crippen LogP contribution in [0.5, 0.6) is 0 Å². The van der Waals surface area contributed by atoms with E-state index in [1.165, 1.54) is 0 Å². The van der Waals surface area contributed by atoms with Crippen LogP contribution in [0.3, 0.4) is 0 Å². The van der Waals surface area contributed by atoms with E-state index in [2.05, 4.69) is 35.6 Å². The summed E-state index contributed by atoms with van der Waals surface area (Å²) in [5.41, 5.74) is 2.02. The molecular formula is C17H23N3O2. The lowest BCUT2D eigenvalue weighted by Crippen LogP contribution is -2.39. The summed E-state index contributed by atoms with van der Waals surface area (Å²) >= 11 is 0. The van der Waals surface area contributed by atoms with Gasteiger partial charge in [0.05, 0.1) is 24.6 Å². The van der Waals surface area contributed by atoms with E-state index in [0.29, 0.717) is 6.61 Å². The maximum atomic E-state index is 5.75. The van der Waals surface area contributed by atoms with Crippen molar-refractivity contribution in [3.05, 3.63) is 47.9 Å². The molecule has 0 spiro atoms. The average molecular weight is 301 g/mol. The van der Waals surface area contributed by atoms with Crippen LogP contribution in [0.25, 0.3) is 0 Å². The summed E-state index contributed by atoms with van der Waals surface area (Å²) in [5.74, 6) is 0.737. The molecule has 118 valence electrons. The monoisotopic (exact) mass is 301 g/mol. The van der Waals surface area contributed by atoms with Crippen molar-refractivity contribution >= 4 is 0 Å². The topological polar surface area (TPSA) is 51.4 Å². The zero-order valence-electron chi connectivity index (χ0n) is 13.5. The molecule has 1 aliphatic rings. The van der Waals surface area contributed by atoms with E-state index in [-0.39, 0.29) is 11.5 Å². The van der Waals surface area contributed by atoms with Gasteiger partial charge in [0.2, 0.25) is 5.89 Å². The molecule has 3 rings (SSSR count). The van der Waals surface area contributed by atoms with Gasteiger partial charge in [0.25, 0.3) is 0 Å². The highest BCUT2D eigenvalue weighted by Crippen LogP contribution is 2.28. The zero-order valence-corrected chi connectivity index (χ0v) is 13.5. The maximum Gasteiger partial charge on any atom is 0.214 e. The summed E-state index contributed by atoms with van der Waals surface area (Å²) < 4.78 is 11.4. The minimum absolute atomic E-state index is 0.0108. The van der Waals surface area contributed by atoms with Crippen LogP contribution in [0.1, 0.15) is 44.1 Å². The molecule has 0 radical (unpaired) electrons. The molecule has 0 N–H and O–H groups in total. The molecule has 1 aliphatic heterocycles. The summed E-state index contributed by atoms with van der Waals surface area (Å²) in [6.07, 6.45) is 3.59. The molecular weight excluding hydrogens is 278 g/mol. The Morgan fingerprint density at radius 3 is 2.86 bits per heavy atom. The van der Waals surface area contributed by atoms with Gasteiger partial charge in [-0.15, -0.1) is 0 Å². The predicted molar refractivity (Wildman–Crippen MR) is 83.4 cm³/mol. The van der Waals surface area contributed by atoms with Crippen LogP contribution < -0.4 is 0 Å². The third-order valence-corrected chi connectivity index (χ3v) is 3.91.